The maximum absolute atomic E-state index is 14.0. The number of carboxylic acid groups (broad SMARTS) is 1. The molecular weight excluding hydrogens is 270 g/mol. The molecule has 1 aromatic heterocycles. The summed E-state index contributed by atoms with van der Waals surface area (Å²) in [5.74, 6) is -1.95. The van der Waals surface area contributed by atoms with E-state index in [2.05, 4.69) is 5.10 Å². The molecule has 0 spiro atoms. The van der Waals surface area contributed by atoms with E-state index < -0.39 is 11.8 Å². The number of fused-ring (bicyclic) bond motifs is 1. The van der Waals surface area contributed by atoms with Crippen LogP contribution in [0.5, 0.6) is 0 Å². The first-order chi connectivity index (χ1) is 9.56. The molecule has 0 saturated carbocycles. The van der Waals surface area contributed by atoms with Gasteiger partial charge in [0.05, 0.1) is 30.4 Å². The van der Waals surface area contributed by atoms with E-state index in [1.807, 2.05) is 10.7 Å². The summed E-state index contributed by atoms with van der Waals surface area (Å²) >= 11 is 0. The fourth-order valence-corrected chi connectivity index (χ4v) is 2.39. The third-order valence-corrected chi connectivity index (χ3v) is 3.42. The molecule has 1 aromatic carbocycles. The molecule has 3 rings (SSSR count). The molecule has 8 heteroatoms. The van der Waals surface area contributed by atoms with E-state index in [0.717, 1.165) is 11.8 Å². The van der Waals surface area contributed by atoms with Gasteiger partial charge in [-0.05, 0) is 18.2 Å². The van der Waals surface area contributed by atoms with Crippen LogP contribution in [0.2, 0.25) is 0 Å². The molecule has 0 saturated heterocycles. The van der Waals surface area contributed by atoms with E-state index in [1.165, 1.54) is 6.07 Å². The number of halogens is 1. The van der Waals surface area contributed by atoms with Crippen LogP contribution in [0.3, 0.4) is 0 Å². The summed E-state index contributed by atoms with van der Waals surface area (Å²) in [4.78, 5) is 12.7. The zero-order chi connectivity index (χ0) is 14.3. The van der Waals surface area contributed by atoms with Gasteiger partial charge in [0.2, 0.25) is 0 Å². The van der Waals surface area contributed by atoms with E-state index in [4.69, 9.17) is 5.73 Å². The molecule has 2 N–H and O–H groups in total. The zero-order valence-electron chi connectivity index (χ0n) is 11.5. The smallest absolute Gasteiger partial charge is 0.545 e. The number of aromatic carboxylic acids is 1. The van der Waals surface area contributed by atoms with Gasteiger partial charge in [0.1, 0.15) is 5.82 Å². The minimum atomic E-state index is -1.41. The van der Waals surface area contributed by atoms with Crippen molar-refractivity contribution in [1.82, 2.24) is 9.78 Å². The van der Waals surface area contributed by atoms with Gasteiger partial charge in [-0.1, -0.05) is 0 Å². The Balaban J connectivity index is 0.00000161. The normalized spacial score (nSPS) is 13.5. The summed E-state index contributed by atoms with van der Waals surface area (Å²) in [5, 5.41) is 15.1. The average Bonchev–Trinajstić information content (AvgIpc) is 2.85. The number of carbonyl (C=O) groups excluding carboxylic acids is 1. The van der Waals surface area contributed by atoms with Crippen molar-refractivity contribution in [1.29, 1.82) is 0 Å². The maximum atomic E-state index is 14.0. The van der Waals surface area contributed by atoms with Crippen molar-refractivity contribution in [2.24, 2.45) is 0 Å². The third kappa shape index (κ3) is 2.75. The van der Waals surface area contributed by atoms with Gasteiger partial charge in [-0.2, -0.15) is 5.10 Å². The van der Waals surface area contributed by atoms with Crippen LogP contribution >= 0.6 is 0 Å². The number of nitrogens with two attached hydrogens (primary N) is 1. The molecule has 1 aliphatic rings. The van der Waals surface area contributed by atoms with Crippen LogP contribution in [0.4, 0.5) is 15.8 Å². The van der Waals surface area contributed by atoms with Crippen molar-refractivity contribution in [2.75, 3.05) is 17.2 Å². The van der Waals surface area contributed by atoms with Crippen LogP contribution in [0, 0.1) is 5.82 Å². The SMILES string of the molecule is Nc1cc(F)c(N2CCn3nccc3C2)cc1C(=O)[O-].[Li+]. The molecule has 0 bridgehead atoms. The summed E-state index contributed by atoms with van der Waals surface area (Å²) in [6, 6.07) is 4.10. The molecule has 0 aliphatic carbocycles. The molecule has 2 heterocycles. The Bertz CT molecular complexity index is 689. The summed E-state index contributed by atoms with van der Waals surface area (Å²) in [6.45, 7) is 1.63. The van der Waals surface area contributed by atoms with Gasteiger partial charge in [0.25, 0.3) is 0 Å². The number of benzene rings is 1. The van der Waals surface area contributed by atoms with Crippen LogP contribution in [0.15, 0.2) is 24.4 Å². The monoisotopic (exact) mass is 282 g/mol. The Morgan fingerprint density at radius 2 is 2.14 bits per heavy atom. The second-order valence-corrected chi connectivity index (χ2v) is 4.65. The first kappa shape index (κ1) is 15.4. The van der Waals surface area contributed by atoms with Crippen molar-refractivity contribution in [3.8, 4) is 0 Å². The Labute approximate surface area is 132 Å². The molecule has 0 radical (unpaired) electrons. The van der Waals surface area contributed by atoms with E-state index in [9.17, 15) is 14.3 Å². The van der Waals surface area contributed by atoms with Gasteiger partial charge in [-0.15, -0.1) is 0 Å². The number of nitrogens with zero attached hydrogens (tertiary/aromatic N) is 3. The largest absolute Gasteiger partial charge is 1.00 e. The predicted octanol–water partition coefficient (Wildman–Crippen LogP) is -3.01. The van der Waals surface area contributed by atoms with Crippen molar-refractivity contribution >= 4 is 17.3 Å². The predicted molar refractivity (Wildman–Crippen MR) is 68.4 cm³/mol. The summed E-state index contributed by atoms with van der Waals surface area (Å²) < 4.78 is 15.9. The molecule has 2 aromatic rings. The Morgan fingerprint density at radius 1 is 1.38 bits per heavy atom. The van der Waals surface area contributed by atoms with Crippen molar-refractivity contribution < 1.29 is 33.2 Å². The van der Waals surface area contributed by atoms with E-state index >= 15 is 0 Å². The molecule has 1 aliphatic heterocycles. The van der Waals surface area contributed by atoms with E-state index in [1.54, 1.807) is 11.1 Å². The van der Waals surface area contributed by atoms with E-state index in [0.29, 0.717) is 19.6 Å². The van der Waals surface area contributed by atoms with Crippen molar-refractivity contribution in [3.63, 3.8) is 0 Å². The second kappa shape index (κ2) is 5.80. The Hall–Kier alpha value is -1.97. The molecule has 21 heavy (non-hydrogen) atoms. The van der Waals surface area contributed by atoms with E-state index in [-0.39, 0.29) is 35.8 Å². The molecular formula is C13H12FLiN4O2. The van der Waals surface area contributed by atoms with Crippen LogP contribution in [-0.4, -0.2) is 22.3 Å². The minimum absolute atomic E-state index is 0. The standard InChI is InChI=1S/C13H13FN4O2.Li/c14-10-6-11(15)9(13(19)20)5-12(10)17-3-4-18-8(7-17)1-2-16-18;/h1-2,5-6H,3-4,7,15H2,(H,19,20);/q;+1/p-1. The van der Waals surface area contributed by atoms with Gasteiger partial charge in [-0.3, -0.25) is 4.68 Å². The molecule has 0 amide bonds. The average molecular weight is 282 g/mol. The van der Waals surface area contributed by atoms with Crippen molar-refractivity contribution in [3.05, 3.63) is 41.5 Å². The number of aromatic nitrogens is 2. The Kier molecular flexibility index (Phi) is 4.26. The number of nitrogen functional groups attached to an aromatic ring is 1. The molecule has 0 fully saturated rings. The van der Waals surface area contributed by atoms with Gasteiger partial charge in [0, 0.05) is 24.0 Å². The van der Waals surface area contributed by atoms with Crippen molar-refractivity contribution in [2.45, 2.75) is 13.1 Å². The number of rotatable bonds is 2. The zero-order valence-corrected chi connectivity index (χ0v) is 11.5. The quantitative estimate of drug-likeness (QED) is 0.468. The maximum Gasteiger partial charge on any atom is 1.00 e. The first-order valence-corrected chi connectivity index (χ1v) is 6.12. The topological polar surface area (TPSA) is 87.2 Å². The van der Waals surface area contributed by atoms with Crippen LogP contribution in [0.1, 0.15) is 16.1 Å². The Morgan fingerprint density at radius 3 is 2.86 bits per heavy atom. The van der Waals surface area contributed by atoms with Gasteiger partial charge >= 0.3 is 18.9 Å². The van der Waals surface area contributed by atoms with Crippen LogP contribution in [0.25, 0.3) is 0 Å². The van der Waals surface area contributed by atoms with Gasteiger partial charge in [-0.25, -0.2) is 4.39 Å². The molecule has 0 unspecified atom stereocenters. The third-order valence-electron chi connectivity index (χ3n) is 3.42. The summed E-state index contributed by atoms with van der Waals surface area (Å²) in [5.41, 5.74) is 6.32. The van der Waals surface area contributed by atoms with Crippen LogP contribution < -0.4 is 34.6 Å². The van der Waals surface area contributed by atoms with Crippen LogP contribution in [-0.2, 0) is 13.1 Å². The van der Waals surface area contributed by atoms with Gasteiger partial charge in [0.15, 0.2) is 0 Å². The summed E-state index contributed by atoms with van der Waals surface area (Å²) in [6.07, 6.45) is 1.69. The number of carboxylic acids is 1. The second-order valence-electron chi connectivity index (χ2n) is 4.65. The molecule has 6 nitrogen and oxygen atoms in total. The number of anilines is 2. The first-order valence-electron chi connectivity index (χ1n) is 6.12. The minimum Gasteiger partial charge on any atom is -0.545 e. The number of hydrogen-bond acceptors (Lipinski definition) is 5. The fourth-order valence-electron chi connectivity index (χ4n) is 2.39. The number of carbonyl (C=O) groups is 1. The molecule has 0 atom stereocenters. The fraction of sp³-hybridized carbons (Fsp3) is 0.231. The molecule has 104 valence electrons. The summed E-state index contributed by atoms with van der Waals surface area (Å²) in [7, 11) is 0. The van der Waals surface area contributed by atoms with Gasteiger partial charge < -0.3 is 20.5 Å². The number of hydrogen-bond donors (Lipinski definition) is 1.